The van der Waals surface area contributed by atoms with Crippen molar-refractivity contribution >= 4 is 16.8 Å². The van der Waals surface area contributed by atoms with E-state index in [4.69, 9.17) is 0 Å². The Balaban J connectivity index is 1.55. The molecule has 0 aliphatic heterocycles. The minimum atomic E-state index is -0.198. The Bertz CT molecular complexity index is 1190. The molecule has 5 nitrogen and oxygen atoms in total. The van der Waals surface area contributed by atoms with E-state index in [9.17, 15) is 9.59 Å². The maximum Gasteiger partial charge on any atom is 0.261 e. The Kier molecular flexibility index (Phi) is 5.99. The van der Waals surface area contributed by atoms with Crippen LogP contribution in [0.3, 0.4) is 0 Å². The highest BCUT2D eigenvalue weighted by Crippen LogP contribution is 2.09. The largest absolute Gasteiger partial charge is 0.336 e. The quantitative estimate of drug-likeness (QED) is 0.478. The summed E-state index contributed by atoms with van der Waals surface area (Å²) in [5.74, 6) is -0.103. The van der Waals surface area contributed by atoms with Gasteiger partial charge in [-0.25, -0.2) is 4.98 Å². The lowest BCUT2D eigenvalue weighted by Gasteiger charge is -2.23. The lowest BCUT2D eigenvalue weighted by atomic mass is 10.1. The van der Waals surface area contributed by atoms with Gasteiger partial charge in [0, 0.05) is 13.1 Å². The first kappa shape index (κ1) is 19.6. The minimum absolute atomic E-state index is 0.0295. The van der Waals surface area contributed by atoms with Crippen LogP contribution in [0.1, 0.15) is 11.1 Å². The summed E-state index contributed by atoms with van der Waals surface area (Å²) >= 11 is 0. The highest BCUT2D eigenvalue weighted by atomic mass is 16.2. The summed E-state index contributed by atoms with van der Waals surface area (Å²) in [4.78, 5) is 32.1. The predicted octanol–water partition coefficient (Wildman–Crippen LogP) is 3.67. The number of aromatic nitrogens is 2. The zero-order chi connectivity index (χ0) is 20.8. The zero-order valence-electron chi connectivity index (χ0n) is 16.6. The molecule has 0 spiro atoms. The van der Waals surface area contributed by atoms with Crippen LogP contribution in [0.4, 0.5) is 0 Å². The van der Waals surface area contributed by atoms with Crippen molar-refractivity contribution in [1.29, 1.82) is 0 Å². The Labute approximate surface area is 175 Å². The molecule has 150 valence electrons. The van der Waals surface area contributed by atoms with Gasteiger partial charge < -0.3 is 4.90 Å². The van der Waals surface area contributed by atoms with Gasteiger partial charge in [0.1, 0.15) is 6.54 Å². The summed E-state index contributed by atoms with van der Waals surface area (Å²) in [6, 6.07) is 27.2. The number of para-hydroxylation sites is 1. The number of carbonyl (C=O) groups excluding carboxylic acids is 1. The lowest BCUT2D eigenvalue weighted by molar-refractivity contribution is -0.132. The first-order valence-electron chi connectivity index (χ1n) is 10.0. The zero-order valence-corrected chi connectivity index (χ0v) is 16.6. The van der Waals surface area contributed by atoms with Crippen LogP contribution in [0.5, 0.6) is 0 Å². The molecule has 0 fully saturated rings. The fourth-order valence-corrected chi connectivity index (χ4v) is 3.47. The van der Waals surface area contributed by atoms with Gasteiger partial charge in [0.05, 0.1) is 17.2 Å². The van der Waals surface area contributed by atoms with E-state index in [-0.39, 0.29) is 18.0 Å². The number of hydrogen-bond donors (Lipinski definition) is 0. The molecule has 0 radical (unpaired) electrons. The third kappa shape index (κ3) is 4.63. The van der Waals surface area contributed by atoms with Gasteiger partial charge in [-0.3, -0.25) is 14.2 Å². The minimum Gasteiger partial charge on any atom is -0.336 e. The van der Waals surface area contributed by atoms with E-state index in [1.807, 2.05) is 59.5 Å². The summed E-state index contributed by atoms with van der Waals surface area (Å²) in [5.41, 5.74) is 2.67. The molecule has 0 aliphatic carbocycles. The van der Waals surface area contributed by atoms with Gasteiger partial charge in [-0.15, -0.1) is 0 Å². The van der Waals surface area contributed by atoms with Gasteiger partial charge in [0.2, 0.25) is 5.91 Å². The molecule has 3 aromatic carbocycles. The molecule has 1 amide bonds. The van der Waals surface area contributed by atoms with Gasteiger partial charge in [-0.05, 0) is 29.7 Å². The maximum atomic E-state index is 13.2. The summed E-state index contributed by atoms with van der Waals surface area (Å²) in [5, 5.41) is 0.520. The van der Waals surface area contributed by atoms with Crippen molar-refractivity contribution in [2.45, 2.75) is 19.5 Å². The monoisotopic (exact) mass is 397 g/mol. The van der Waals surface area contributed by atoms with E-state index < -0.39 is 0 Å². The van der Waals surface area contributed by atoms with Crippen LogP contribution < -0.4 is 5.56 Å². The SMILES string of the molecule is O=C(Cn1cnc2ccccc2c1=O)N(CCc1ccccc1)Cc1ccccc1. The Morgan fingerprint density at radius 1 is 0.833 bits per heavy atom. The smallest absolute Gasteiger partial charge is 0.261 e. The topological polar surface area (TPSA) is 55.2 Å². The molecule has 0 saturated heterocycles. The molecule has 4 aromatic rings. The number of hydrogen-bond acceptors (Lipinski definition) is 3. The van der Waals surface area contributed by atoms with Crippen molar-refractivity contribution < 1.29 is 4.79 Å². The molecule has 0 saturated carbocycles. The third-order valence-corrected chi connectivity index (χ3v) is 5.12. The van der Waals surface area contributed by atoms with Crippen molar-refractivity contribution in [3.63, 3.8) is 0 Å². The third-order valence-electron chi connectivity index (χ3n) is 5.12. The average molecular weight is 397 g/mol. The van der Waals surface area contributed by atoms with E-state index in [2.05, 4.69) is 17.1 Å². The molecule has 0 N–H and O–H groups in total. The van der Waals surface area contributed by atoms with Gasteiger partial charge >= 0.3 is 0 Å². The number of benzene rings is 3. The van der Waals surface area contributed by atoms with Gasteiger partial charge in [-0.2, -0.15) is 0 Å². The van der Waals surface area contributed by atoms with Crippen LogP contribution in [0.25, 0.3) is 10.9 Å². The standard InChI is InChI=1S/C25H23N3O2/c29-24(18-28-19-26-23-14-8-7-13-22(23)25(28)30)27(17-21-11-5-2-6-12-21)16-15-20-9-3-1-4-10-20/h1-14,19H,15-18H2. The van der Waals surface area contributed by atoms with Crippen molar-refractivity contribution in [2.75, 3.05) is 6.54 Å². The molecular formula is C25H23N3O2. The Morgan fingerprint density at radius 2 is 1.47 bits per heavy atom. The normalized spacial score (nSPS) is 10.8. The van der Waals surface area contributed by atoms with Crippen LogP contribution in [-0.2, 0) is 24.3 Å². The van der Waals surface area contributed by atoms with Crippen molar-refractivity contribution in [3.05, 3.63) is 113 Å². The molecule has 0 aliphatic rings. The second kappa shape index (κ2) is 9.18. The van der Waals surface area contributed by atoms with Crippen LogP contribution in [0.2, 0.25) is 0 Å². The molecule has 0 atom stereocenters. The molecule has 0 unspecified atom stereocenters. The molecule has 30 heavy (non-hydrogen) atoms. The maximum absolute atomic E-state index is 13.2. The summed E-state index contributed by atoms with van der Waals surface area (Å²) in [7, 11) is 0. The van der Waals surface area contributed by atoms with Crippen LogP contribution in [0, 0.1) is 0 Å². The highest BCUT2D eigenvalue weighted by molar-refractivity contribution is 5.79. The first-order valence-corrected chi connectivity index (χ1v) is 10.0. The Hall–Kier alpha value is -3.73. The van der Waals surface area contributed by atoms with Crippen LogP contribution >= 0.6 is 0 Å². The van der Waals surface area contributed by atoms with Crippen molar-refractivity contribution in [3.8, 4) is 0 Å². The number of nitrogens with zero attached hydrogens (tertiary/aromatic N) is 3. The Morgan fingerprint density at radius 3 is 2.20 bits per heavy atom. The van der Waals surface area contributed by atoms with Gasteiger partial charge in [0.25, 0.3) is 5.56 Å². The molecule has 5 heteroatoms. The first-order chi connectivity index (χ1) is 14.7. The summed E-state index contributed by atoms with van der Waals surface area (Å²) < 4.78 is 1.39. The fraction of sp³-hybridized carbons (Fsp3) is 0.160. The highest BCUT2D eigenvalue weighted by Gasteiger charge is 2.16. The van der Waals surface area contributed by atoms with Crippen LogP contribution in [-0.4, -0.2) is 26.9 Å². The van der Waals surface area contributed by atoms with Crippen molar-refractivity contribution in [1.82, 2.24) is 14.5 Å². The lowest BCUT2D eigenvalue weighted by Crippen LogP contribution is -2.37. The second-order valence-electron chi connectivity index (χ2n) is 7.23. The fourth-order valence-electron chi connectivity index (χ4n) is 3.47. The van der Waals surface area contributed by atoms with Crippen molar-refractivity contribution in [2.24, 2.45) is 0 Å². The number of rotatable bonds is 7. The van der Waals surface area contributed by atoms with Crippen LogP contribution in [0.15, 0.2) is 96.1 Å². The second-order valence-corrected chi connectivity index (χ2v) is 7.23. The van der Waals surface area contributed by atoms with Gasteiger partial charge in [-0.1, -0.05) is 72.8 Å². The predicted molar refractivity (Wildman–Crippen MR) is 118 cm³/mol. The molecular weight excluding hydrogens is 374 g/mol. The summed E-state index contributed by atoms with van der Waals surface area (Å²) in [6.07, 6.45) is 2.21. The molecule has 1 aromatic heterocycles. The number of fused-ring (bicyclic) bond motifs is 1. The number of carbonyl (C=O) groups is 1. The van der Waals surface area contributed by atoms with E-state index in [0.717, 1.165) is 12.0 Å². The van der Waals surface area contributed by atoms with E-state index in [1.54, 1.807) is 18.2 Å². The number of amides is 1. The molecule has 4 rings (SSSR count). The summed E-state index contributed by atoms with van der Waals surface area (Å²) in [6.45, 7) is 1.05. The molecule has 0 bridgehead atoms. The molecule has 1 heterocycles. The van der Waals surface area contributed by atoms with E-state index in [0.29, 0.717) is 24.0 Å². The van der Waals surface area contributed by atoms with E-state index in [1.165, 1.54) is 16.5 Å². The average Bonchev–Trinajstić information content (AvgIpc) is 2.80. The van der Waals surface area contributed by atoms with E-state index >= 15 is 0 Å². The van der Waals surface area contributed by atoms with Gasteiger partial charge in [0.15, 0.2) is 0 Å².